The van der Waals surface area contributed by atoms with E-state index in [1.807, 2.05) is 20.8 Å². The van der Waals surface area contributed by atoms with Crippen molar-refractivity contribution < 1.29 is 18.4 Å². The van der Waals surface area contributed by atoms with Crippen molar-refractivity contribution in [3.8, 4) is 0 Å². The van der Waals surface area contributed by atoms with Gasteiger partial charge in [-0.25, -0.2) is 4.57 Å². The summed E-state index contributed by atoms with van der Waals surface area (Å²) in [5.41, 5.74) is 7.61. The topological polar surface area (TPSA) is 80.9 Å². The summed E-state index contributed by atoms with van der Waals surface area (Å²) in [6.07, 6.45) is 2.56. The Bertz CT molecular complexity index is 185. The van der Waals surface area contributed by atoms with Crippen molar-refractivity contribution in [2.75, 3.05) is 19.6 Å². The Morgan fingerprint density at radius 3 is 1.29 bits per heavy atom. The molecule has 0 fully saturated rings. The lowest BCUT2D eigenvalue weighted by Crippen LogP contribution is -2.24. The van der Waals surface area contributed by atoms with Crippen molar-refractivity contribution >= 4 is 7.82 Å². The molecular weight excluding hydrogens is 245 g/mol. The molecule has 0 aliphatic heterocycles. The van der Waals surface area contributed by atoms with Gasteiger partial charge in [-0.05, 0) is 19.3 Å². The first kappa shape index (κ1) is 17.0. The van der Waals surface area contributed by atoms with Gasteiger partial charge < -0.3 is 0 Å². The third kappa shape index (κ3) is 9.67. The first-order valence-corrected chi connectivity index (χ1v) is 7.49. The molecule has 0 saturated carbocycles. The molecule has 0 saturated heterocycles. The second kappa shape index (κ2) is 11.1. The number of hydroxylamine groups is 3. The van der Waals surface area contributed by atoms with Crippen LogP contribution in [0.3, 0.4) is 0 Å². The average molecular weight is 269 g/mol. The van der Waals surface area contributed by atoms with Crippen LogP contribution in [0.2, 0.25) is 0 Å². The number of nitrogens with one attached hydrogen (secondary N) is 3. The SMILES string of the molecule is CCCNOP(=O)(ONCCC)ONCCC. The molecule has 0 aromatic rings. The van der Waals surface area contributed by atoms with Crippen LogP contribution < -0.4 is 16.4 Å². The van der Waals surface area contributed by atoms with Crippen LogP contribution in [0.1, 0.15) is 40.0 Å². The van der Waals surface area contributed by atoms with E-state index in [4.69, 9.17) is 13.9 Å². The first-order chi connectivity index (χ1) is 8.18. The quantitative estimate of drug-likeness (QED) is 0.283. The van der Waals surface area contributed by atoms with Gasteiger partial charge in [-0.1, -0.05) is 20.8 Å². The zero-order valence-corrected chi connectivity index (χ0v) is 11.7. The molecule has 0 aromatic heterocycles. The summed E-state index contributed by atoms with van der Waals surface area (Å²) in [4.78, 5) is 0. The fourth-order valence-corrected chi connectivity index (χ4v) is 1.60. The van der Waals surface area contributed by atoms with Gasteiger partial charge in [0, 0.05) is 19.6 Å². The fraction of sp³-hybridized carbons (Fsp3) is 1.00. The largest absolute Gasteiger partial charge is 0.524 e. The Kier molecular flexibility index (Phi) is 11.1. The Hall–Kier alpha value is -0.0100. The molecule has 0 spiro atoms. The standard InChI is InChI=1S/C9H24N3O4P/c1-4-7-10-14-17(13,15-11-8-5-2)16-12-9-6-3/h10-12H,4-9H2,1-3H3. The lowest BCUT2D eigenvalue weighted by molar-refractivity contribution is 0.0164. The van der Waals surface area contributed by atoms with Crippen LogP contribution in [0, 0.1) is 0 Å². The molecule has 0 aliphatic rings. The smallest absolute Gasteiger partial charge is 0.223 e. The molecule has 0 amide bonds. The van der Waals surface area contributed by atoms with Crippen LogP contribution in [-0.4, -0.2) is 19.6 Å². The molecule has 0 rings (SSSR count). The van der Waals surface area contributed by atoms with Gasteiger partial charge in [-0.2, -0.15) is 30.3 Å². The van der Waals surface area contributed by atoms with E-state index in [1.165, 1.54) is 0 Å². The molecule has 7 nitrogen and oxygen atoms in total. The van der Waals surface area contributed by atoms with Gasteiger partial charge in [0.05, 0.1) is 0 Å². The fourth-order valence-electron chi connectivity index (χ4n) is 0.736. The predicted octanol–water partition coefficient (Wildman–Crippen LogP) is 1.89. The second-order valence-corrected chi connectivity index (χ2v) is 4.85. The Morgan fingerprint density at radius 2 is 1.06 bits per heavy atom. The normalized spacial score (nSPS) is 11.9. The van der Waals surface area contributed by atoms with Crippen LogP contribution in [0.4, 0.5) is 0 Å². The molecule has 3 N–H and O–H groups in total. The Labute approximate surface area is 103 Å². The molecule has 8 heteroatoms. The Morgan fingerprint density at radius 1 is 0.765 bits per heavy atom. The molecule has 0 atom stereocenters. The summed E-state index contributed by atoms with van der Waals surface area (Å²) in [7, 11) is -3.64. The molecular formula is C9H24N3O4P. The molecule has 0 aromatic carbocycles. The predicted molar refractivity (Wildman–Crippen MR) is 65.7 cm³/mol. The van der Waals surface area contributed by atoms with Gasteiger partial charge in [0.15, 0.2) is 0 Å². The minimum atomic E-state index is -3.64. The van der Waals surface area contributed by atoms with Crippen LogP contribution in [0.5, 0.6) is 0 Å². The van der Waals surface area contributed by atoms with E-state index in [0.29, 0.717) is 19.6 Å². The van der Waals surface area contributed by atoms with Gasteiger partial charge in [0.1, 0.15) is 0 Å². The Balaban J connectivity index is 4.00. The highest BCUT2D eigenvalue weighted by atomic mass is 31.2. The molecule has 0 heterocycles. The van der Waals surface area contributed by atoms with Gasteiger partial charge >= 0.3 is 7.82 Å². The lowest BCUT2D eigenvalue weighted by atomic mass is 10.5. The van der Waals surface area contributed by atoms with Crippen LogP contribution in [0.15, 0.2) is 0 Å². The molecule has 0 aliphatic carbocycles. The van der Waals surface area contributed by atoms with Gasteiger partial charge in [-0.15, -0.1) is 0 Å². The van der Waals surface area contributed by atoms with E-state index in [-0.39, 0.29) is 0 Å². The van der Waals surface area contributed by atoms with Crippen LogP contribution >= 0.6 is 7.82 Å². The third-order valence-electron chi connectivity index (χ3n) is 1.59. The van der Waals surface area contributed by atoms with Crippen molar-refractivity contribution in [1.29, 1.82) is 0 Å². The van der Waals surface area contributed by atoms with Crippen molar-refractivity contribution in [3.05, 3.63) is 0 Å². The van der Waals surface area contributed by atoms with E-state index < -0.39 is 7.82 Å². The van der Waals surface area contributed by atoms with E-state index in [0.717, 1.165) is 19.3 Å². The zero-order chi connectivity index (χ0) is 13.0. The molecule has 0 radical (unpaired) electrons. The minimum Gasteiger partial charge on any atom is -0.223 e. The maximum atomic E-state index is 12.0. The van der Waals surface area contributed by atoms with E-state index in [2.05, 4.69) is 16.4 Å². The summed E-state index contributed by atoms with van der Waals surface area (Å²) < 4.78 is 26.7. The highest BCUT2D eigenvalue weighted by molar-refractivity contribution is 7.48. The van der Waals surface area contributed by atoms with E-state index >= 15 is 0 Å². The molecule has 0 bridgehead atoms. The summed E-state index contributed by atoms with van der Waals surface area (Å²) >= 11 is 0. The summed E-state index contributed by atoms with van der Waals surface area (Å²) in [6, 6.07) is 0. The highest BCUT2D eigenvalue weighted by Crippen LogP contribution is 2.46. The number of hydrogen-bond donors (Lipinski definition) is 3. The average Bonchev–Trinajstić information content (AvgIpc) is 2.30. The van der Waals surface area contributed by atoms with Crippen molar-refractivity contribution in [1.82, 2.24) is 16.4 Å². The maximum absolute atomic E-state index is 12.0. The van der Waals surface area contributed by atoms with Gasteiger partial charge in [-0.3, -0.25) is 0 Å². The zero-order valence-electron chi connectivity index (χ0n) is 10.8. The maximum Gasteiger partial charge on any atom is 0.524 e. The van der Waals surface area contributed by atoms with Crippen molar-refractivity contribution in [2.45, 2.75) is 40.0 Å². The third-order valence-corrected chi connectivity index (χ3v) is 2.64. The summed E-state index contributed by atoms with van der Waals surface area (Å²) in [6.45, 7) is 7.60. The lowest BCUT2D eigenvalue weighted by Gasteiger charge is -2.17. The van der Waals surface area contributed by atoms with Gasteiger partial charge in [0.25, 0.3) is 0 Å². The van der Waals surface area contributed by atoms with Crippen molar-refractivity contribution in [2.24, 2.45) is 0 Å². The van der Waals surface area contributed by atoms with Crippen LogP contribution in [0.25, 0.3) is 0 Å². The summed E-state index contributed by atoms with van der Waals surface area (Å²) in [5, 5.41) is 0. The van der Waals surface area contributed by atoms with E-state index in [1.54, 1.807) is 0 Å². The van der Waals surface area contributed by atoms with E-state index in [9.17, 15) is 4.57 Å². The van der Waals surface area contributed by atoms with Crippen LogP contribution in [-0.2, 0) is 18.4 Å². The van der Waals surface area contributed by atoms with Gasteiger partial charge in [0.2, 0.25) is 0 Å². The molecule has 0 unspecified atom stereocenters. The number of rotatable bonds is 12. The molecule has 17 heavy (non-hydrogen) atoms. The monoisotopic (exact) mass is 269 g/mol. The second-order valence-electron chi connectivity index (χ2n) is 3.40. The number of hydrogen-bond acceptors (Lipinski definition) is 7. The minimum absolute atomic E-state index is 0.568. The van der Waals surface area contributed by atoms with Crippen molar-refractivity contribution in [3.63, 3.8) is 0 Å². The first-order valence-electron chi connectivity index (χ1n) is 6.02. The highest BCUT2D eigenvalue weighted by Gasteiger charge is 2.28. The molecule has 104 valence electrons. The number of phosphoric acid groups is 1. The summed E-state index contributed by atoms with van der Waals surface area (Å²) in [5.74, 6) is 0.